The van der Waals surface area contributed by atoms with Crippen LogP contribution in [0, 0.1) is 10.5 Å². The molecule has 0 unspecified atom stereocenters. The number of aryl methyl sites for hydroxylation is 1. The first-order chi connectivity index (χ1) is 17.4. The highest BCUT2D eigenvalue weighted by Gasteiger charge is 2.33. The summed E-state index contributed by atoms with van der Waals surface area (Å²) in [6, 6.07) is 20.6. The van der Waals surface area contributed by atoms with Gasteiger partial charge in [-0.05, 0) is 84.5 Å². The van der Waals surface area contributed by atoms with Crippen LogP contribution in [-0.4, -0.2) is 29.3 Å². The van der Waals surface area contributed by atoms with Crippen LogP contribution in [0.2, 0.25) is 0 Å². The molecule has 1 aliphatic heterocycles. The third-order valence-electron chi connectivity index (χ3n) is 5.12. The summed E-state index contributed by atoms with van der Waals surface area (Å²) in [5.41, 5.74) is 3.33. The van der Waals surface area contributed by atoms with Gasteiger partial charge in [-0.15, -0.1) is 0 Å². The number of thiocarbonyl (C=S) groups is 1. The molecule has 1 saturated heterocycles. The summed E-state index contributed by atoms with van der Waals surface area (Å²) in [6.45, 7) is 4.11. The molecule has 4 rings (SSSR count). The molecule has 36 heavy (non-hydrogen) atoms. The van der Waals surface area contributed by atoms with Gasteiger partial charge in [0.1, 0.15) is 0 Å². The van der Waals surface area contributed by atoms with E-state index in [0.29, 0.717) is 33.0 Å². The molecule has 1 N–H and O–H groups in total. The number of hydrogen-bond acceptors (Lipinski definition) is 6. The van der Waals surface area contributed by atoms with Crippen molar-refractivity contribution in [3.05, 3.63) is 86.3 Å². The maximum Gasteiger partial charge on any atom is 0.270 e. The first kappa shape index (κ1) is 26.2. The van der Waals surface area contributed by atoms with Crippen LogP contribution in [-0.2, 0) is 9.59 Å². The van der Waals surface area contributed by atoms with Crippen molar-refractivity contribution in [2.45, 2.75) is 13.8 Å². The fourth-order valence-corrected chi connectivity index (χ4v) is 5.54. The topological polar surface area (TPSA) is 67.9 Å². The Morgan fingerprint density at radius 1 is 1.11 bits per heavy atom. The van der Waals surface area contributed by atoms with E-state index in [9.17, 15) is 9.59 Å². The standard InChI is InChI=1S/C27H23IN2O4S2/c1-3-33-22-14-18(15-23-26(32)30(27(35)36-23)20-7-5-4-6-8-20)13-21(28)25(22)34-16-24(31)29-19-11-9-17(2)10-12-19/h4-15H,3,16H2,1-2H3,(H,29,31)/b23-15+. The third kappa shape index (κ3) is 6.26. The first-order valence-corrected chi connectivity index (χ1v) is 13.4. The number of rotatable bonds is 8. The summed E-state index contributed by atoms with van der Waals surface area (Å²) < 4.78 is 12.9. The molecule has 9 heteroatoms. The van der Waals surface area contributed by atoms with Gasteiger partial charge in [0, 0.05) is 5.69 Å². The zero-order valence-corrected chi connectivity index (χ0v) is 23.4. The number of hydrogen-bond donors (Lipinski definition) is 1. The van der Waals surface area contributed by atoms with E-state index in [2.05, 4.69) is 27.9 Å². The summed E-state index contributed by atoms with van der Waals surface area (Å²) >= 11 is 8.86. The second-order valence-corrected chi connectivity index (χ2v) is 10.7. The average Bonchev–Trinajstić information content (AvgIpc) is 3.13. The Morgan fingerprint density at radius 3 is 2.53 bits per heavy atom. The van der Waals surface area contributed by atoms with Gasteiger partial charge in [0.05, 0.1) is 20.8 Å². The van der Waals surface area contributed by atoms with Crippen molar-refractivity contribution in [1.82, 2.24) is 0 Å². The van der Waals surface area contributed by atoms with Crippen LogP contribution in [0.5, 0.6) is 11.5 Å². The molecular formula is C27H23IN2O4S2. The van der Waals surface area contributed by atoms with Gasteiger partial charge in [-0.2, -0.15) is 0 Å². The predicted molar refractivity (Wildman–Crippen MR) is 158 cm³/mol. The van der Waals surface area contributed by atoms with Gasteiger partial charge in [0.25, 0.3) is 11.8 Å². The third-order valence-corrected chi connectivity index (χ3v) is 7.22. The van der Waals surface area contributed by atoms with Crippen LogP contribution in [0.25, 0.3) is 6.08 Å². The lowest BCUT2D eigenvalue weighted by Crippen LogP contribution is -2.27. The van der Waals surface area contributed by atoms with E-state index in [0.717, 1.165) is 20.4 Å². The van der Waals surface area contributed by atoms with Gasteiger partial charge in [0.15, 0.2) is 22.4 Å². The van der Waals surface area contributed by atoms with Crippen LogP contribution in [0.15, 0.2) is 71.6 Å². The zero-order valence-electron chi connectivity index (χ0n) is 19.6. The molecule has 0 aromatic heterocycles. The van der Waals surface area contributed by atoms with Gasteiger partial charge in [0.2, 0.25) is 0 Å². The Labute approximate surface area is 233 Å². The van der Waals surface area contributed by atoms with E-state index >= 15 is 0 Å². The molecule has 0 atom stereocenters. The lowest BCUT2D eigenvalue weighted by atomic mass is 10.1. The quantitative estimate of drug-likeness (QED) is 0.176. The fraction of sp³-hybridized carbons (Fsp3) is 0.148. The van der Waals surface area contributed by atoms with E-state index < -0.39 is 0 Å². The predicted octanol–water partition coefficient (Wildman–Crippen LogP) is 6.42. The molecule has 0 spiro atoms. The highest BCUT2D eigenvalue weighted by atomic mass is 127. The van der Waals surface area contributed by atoms with Crippen LogP contribution >= 0.6 is 46.6 Å². The maximum atomic E-state index is 13.1. The molecule has 1 aliphatic rings. The summed E-state index contributed by atoms with van der Waals surface area (Å²) in [7, 11) is 0. The number of anilines is 2. The summed E-state index contributed by atoms with van der Waals surface area (Å²) in [5.74, 6) is 0.533. The molecule has 3 aromatic carbocycles. The number of carbonyl (C=O) groups excluding carboxylic acids is 2. The summed E-state index contributed by atoms with van der Waals surface area (Å²) in [6.07, 6.45) is 1.79. The number of thioether (sulfide) groups is 1. The van der Waals surface area contributed by atoms with Crippen molar-refractivity contribution in [1.29, 1.82) is 0 Å². The lowest BCUT2D eigenvalue weighted by Gasteiger charge is -2.15. The minimum Gasteiger partial charge on any atom is -0.490 e. The van der Waals surface area contributed by atoms with Crippen molar-refractivity contribution in [2.75, 3.05) is 23.4 Å². The number of para-hydroxylation sites is 1. The summed E-state index contributed by atoms with van der Waals surface area (Å²) in [4.78, 5) is 27.5. The average molecular weight is 631 g/mol. The van der Waals surface area contributed by atoms with Crippen molar-refractivity contribution in [2.24, 2.45) is 0 Å². The molecule has 6 nitrogen and oxygen atoms in total. The molecule has 0 bridgehead atoms. The van der Waals surface area contributed by atoms with E-state index in [4.69, 9.17) is 21.7 Å². The van der Waals surface area contributed by atoms with Crippen molar-refractivity contribution >= 4 is 80.2 Å². The van der Waals surface area contributed by atoms with Gasteiger partial charge in [-0.1, -0.05) is 59.9 Å². The van der Waals surface area contributed by atoms with Crippen molar-refractivity contribution in [3.63, 3.8) is 0 Å². The van der Waals surface area contributed by atoms with Crippen LogP contribution < -0.4 is 19.7 Å². The molecule has 1 heterocycles. The van der Waals surface area contributed by atoms with E-state index in [1.54, 1.807) is 12.1 Å². The van der Waals surface area contributed by atoms with Gasteiger partial charge < -0.3 is 14.8 Å². The van der Waals surface area contributed by atoms with Gasteiger partial charge in [-0.25, -0.2) is 0 Å². The largest absolute Gasteiger partial charge is 0.490 e. The number of amides is 2. The van der Waals surface area contributed by atoms with E-state index in [1.807, 2.05) is 74.5 Å². The zero-order chi connectivity index (χ0) is 25.7. The highest BCUT2D eigenvalue weighted by molar-refractivity contribution is 14.1. The Kier molecular flexibility index (Phi) is 8.65. The smallest absolute Gasteiger partial charge is 0.270 e. The van der Waals surface area contributed by atoms with Crippen molar-refractivity contribution < 1.29 is 19.1 Å². The minimum absolute atomic E-state index is 0.168. The molecule has 3 aromatic rings. The van der Waals surface area contributed by atoms with Crippen LogP contribution in [0.1, 0.15) is 18.1 Å². The fourth-order valence-electron chi connectivity index (χ4n) is 3.46. The van der Waals surface area contributed by atoms with E-state index in [-0.39, 0.29) is 18.4 Å². The normalized spacial score (nSPS) is 14.3. The second-order valence-electron chi connectivity index (χ2n) is 7.82. The molecule has 0 aliphatic carbocycles. The monoisotopic (exact) mass is 630 g/mol. The Bertz CT molecular complexity index is 1330. The molecule has 1 fully saturated rings. The maximum absolute atomic E-state index is 13.1. The van der Waals surface area contributed by atoms with Crippen LogP contribution in [0.3, 0.4) is 0 Å². The Balaban J connectivity index is 1.51. The highest BCUT2D eigenvalue weighted by Crippen LogP contribution is 2.39. The van der Waals surface area contributed by atoms with E-state index in [1.165, 1.54) is 16.7 Å². The molecule has 2 amide bonds. The molecule has 184 valence electrons. The SMILES string of the molecule is CCOc1cc(/C=C2/SC(=S)N(c3ccccc3)C2=O)cc(I)c1OCC(=O)Nc1ccc(C)cc1. The number of carbonyl (C=O) groups is 2. The van der Waals surface area contributed by atoms with Crippen molar-refractivity contribution in [3.8, 4) is 11.5 Å². The second kappa shape index (κ2) is 11.9. The molecular weight excluding hydrogens is 607 g/mol. The Morgan fingerprint density at radius 2 is 1.83 bits per heavy atom. The summed E-state index contributed by atoms with van der Waals surface area (Å²) in [5, 5.41) is 2.82. The number of nitrogens with zero attached hydrogens (tertiary/aromatic N) is 1. The number of nitrogens with one attached hydrogen (secondary N) is 1. The minimum atomic E-state index is -0.272. The van der Waals surface area contributed by atoms with Crippen LogP contribution in [0.4, 0.5) is 11.4 Å². The Hall–Kier alpha value is -2.89. The number of benzene rings is 3. The number of halogens is 1. The lowest BCUT2D eigenvalue weighted by molar-refractivity contribution is -0.118. The number of ether oxygens (including phenoxy) is 2. The molecule has 0 radical (unpaired) electrons. The van der Waals surface area contributed by atoms with Gasteiger partial charge in [-0.3, -0.25) is 14.5 Å². The first-order valence-electron chi connectivity index (χ1n) is 11.1. The molecule has 0 saturated carbocycles. The van der Waals surface area contributed by atoms with Gasteiger partial charge >= 0.3 is 0 Å².